The van der Waals surface area contributed by atoms with Gasteiger partial charge in [-0.05, 0) is 23.3 Å². The van der Waals surface area contributed by atoms with Gasteiger partial charge in [0.05, 0.1) is 16.3 Å². The minimum atomic E-state index is 0.560. The number of fused-ring (bicyclic) bond motifs is 4. The summed E-state index contributed by atoms with van der Waals surface area (Å²) in [5.74, 6) is 0.560. The van der Waals surface area contributed by atoms with Gasteiger partial charge in [0.2, 0.25) is 0 Å². The number of rotatable bonds is 0. The van der Waals surface area contributed by atoms with Crippen molar-refractivity contribution in [1.82, 2.24) is 4.98 Å². The summed E-state index contributed by atoms with van der Waals surface area (Å²) < 4.78 is 0. The largest absolute Gasteiger partial charge is 0.383 e. The minimum absolute atomic E-state index is 0.560. The zero-order valence-electron chi connectivity index (χ0n) is 9.72. The maximum absolute atomic E-state index is 5.97. The molecule has 0 amide bonds. The summed E-state index contributed by atoms with van der Waals surface area (Å²) in [6, 6.07) is 6.15. The first-order valence-corrected chi connectivity index (χ1v) is 5.97. The van der Waals surface area contributed by atoms with E-state index in [-0.39, 0.29) is 0 Å². The number of aromatic nitrogens is 1. The third-order valence-corrected chi connectivity index (χ3v) is 3.51. The highest BCUT2D eigenvalue weighted by atomic mass is 14.8. The summed E-state index contributed by atoms with van der Waals surface area (Å²) in [6.07, 6.45) is 9.01. The van der Waals surface area contributed by atoms with Gasteiger partial charge in [0, 0.05) is 11.4 Å². The van der Waals surface area contributed by atoms with Crippen molar-refractivity contribution in [2.75, 3.05) is 5.73 Å². The molecule has 1 aliphatic carbocycles. The molecule has 0 unspecified atom stereocenters. The van der Waals surface area contributed by atoms with Crippen LogP contribution in [0.3, 0.4) is 0 Å². The Kier molecular flexibility index (Phi) is 1.75. The molecule has 1 aliphatic heterocycles. The molecule has 0 saturated carbocycles. The minimum Gasteiger partial charge on any atom is -0.383 e. The van der Waals surface area contributed by atoms with Gasteiger partial charge in [-0.25, -0.2) is 9.98 Å². The van der Waals surface area contributed by atoms with E-state index in [0.717, 1.165) is 27.9 Å². The second-order valence-corrected chi connectivity index (χ2v) is 4.53. The van der Waals surface area contributed by atoms with Gasteiger partial charge in [-0.15, -0.1) is 0 Å². The molecule has 0 spiro atoms. The number of anilines is 1. The van der Waals surface area contributed by atoms with Crippen molar-refractivity contribution < 1.29 is 0 Å². The lowest BCUT2D eigenvalue weighted by molar-refractivity contribution is 1.19. The van der Waals surface area contributed by atoms with E-state index in [1.165, 1.54) is 10.8 Å². The Bertz CT molecular complexity index is 908. The van der Waals surface area contributed by atoms with Crippen molar-refractivity contribution in [1.29, 1.82) is 0 Å². The summed E-state index contributed by atoms with van der Waals surface area (Å²) in [5.41, 5.74) is 8.31. The van der Waals surface area contributed by atoms with Crippen LogP contribution in [0.1, 0.15) is 5.56 Å². The van der Waals surface area contributed by atoms with Crippen molar-refractivity contribution in [3.8, 4) is 0 Å². The van der Waals surface area contributed by atoms with E-state index < -0.39 is 0 Å². The van der Waals surface area contributed by atoms with Crippen LogP contribution in [0.25, 0.3) is 6.08 Å². The predicted octanol–water partition coefficient (Wildman–Crippen LogP) is 1.11. The van der Waals surface area contributed by atoms with Gasteiger partial charge < -0.3 is 5.73 Å². The molecule has 0 saturated heterocycles. The highest BCUT2D eigenvalue weighted by Crippen LogP contribution is 2.23. The molecule has 86 valence electrons. The van der Waals surface area contributed by atoms with Gasteiger partial charge in [0.1, 0.15) is 5.82 Å². The van der Waals surface area contributed by atoms with Crippen molar-refractivity contribution >= 4 is 17.6 Å². The van der Waals surface area contributed by atoms with Crippen LogP contribution in [0.5, 0.6) is 0 Å². The van der Waals surface area contributed by atoms with Crippen LogP contribution in [-0.4, -0.2) is 4.98 Å². The lowest BCUT2D eigenvalue weighted by Crippen LogP contribution is -2.10. The standard InChI is InChI=1S/C15H11N3/c16-15-13-11-6-5-9-3-1-2-4-10(9)14(11)18-12(13)7-8-17-15/h1-3,5-8H,4H2,(H2,16,17). The summed E-state index contributed by atoms with van der Waals surface area (Å²) in [5, 5.41) is 4.27. The average molecular weight is 233 g/mol. The Hall–Kier alpha value is -2.42. The Morgan fingerprint density at radius 1 is 1.17 bits per heavy atom. The highest BCUT2D eigenvalue weighted by Gasteiger charge is 2.12. The summed E-state index contributed by atoms with van der Waals surface area (Å²) in [4.78, 5) is 8.87. The van der Waals surface area contributed by atoms with Crippen LogP contribution in [0, 0.1) is 10.4 Å². The molecule has 2 aromatic rings. The molecule has 2 N–H and O–H groups in total. The number of nitrogens with two attached hydrogens (primary N) is 1. The van der Waals surface area contributed by atoms with Crippen molar-refractivity contribution in [3.63, 3.8) is 0 Å². The van der Waals surface area contributed by atoms with E-state index in [1.807, 2.05) is 6.07 Å². The fourth-order valence-electron chi connectivity index (χ4n) is 2.67. The van der Waals surface area contributed by atoms with Gasteiger partial charge in [0.25, 0.3) is 0 Å². The molecular weight excluding hydrogens is 222 g/mol. The topological polar surface area (TPSA) is 51.3 Å². The fraction of sp³-hybridized carbons (Fsp3) is 0.0667. The lowest BCUT2D eigenvalue weighted by Gasteiger charge is -2.06. The third-order valence-electron chi connectivity index (χ3n) is 3.51. The van der Waals surface area contributed by atoms with E-state index in [2.05, 4.69) is 35.3 Å². The monoisotopic (exact) mass is 233 g/mol. The van der Waals surface area contributed by atoms with E-state index in [4.69, 9.17) is 10.7 Å². The van der Waals surface area contributed by atoms with Crippen LogP contribution in [-0.2, 0) is 6.42 Å². The molecule has 1 aromatic carbocycles. The first-order valence-electron chi connectivity index (χ1n) is 5.97. The van der Waals surface area contributed by atoms with Crippen LogP contribution >= 0.6 is 0 Å². The van der Waals surface area contributed by atoms with E-state index in [1.54, 1.807) is 6.20 Å². The smallest absolute Gasteiger partial charge is 0.133 e. The van der Waals surface area contributed by atoms with E-state index in [9.17, 15) is 0 Å². The number of pyridine rings is 1. The Morgan fingerprint density at radius 2 is 2.11 bits per heavy atom. The molecule has 3 heteroatoms. The fourth-order valence-corrected chi connectivity index (χ4v) is 2.67. The molecule has 2 aliphatic rings. The van der Waals surface area contributed by atoms with Crippen LogP contribution in [0.15, 0.2) is 41.5 Å². The molecule has 18 heavy (non-hydrogen) atoms. The second-order valence-electron chi connectivity index (χ2n) is 4.53. The predicted molar refractivity (Wildman–Crippen MR) is 70.5 cm³/mol. The molecule has 0 bridgehead atoms. The maximum atomic E-state index is 5.97. The number of allylic oxidation sites excluding steroid dienone is 2. The molecule has 3 nitrogen and oxygen atoms in total. The number of nitrogens with zero attached hydrogens (tertiary/aromatic N) is 2. The van der Waals surface area contributed by atoms with Crippen LogP contribution in [0.4, 0.5) is 11.5 Å². The van der Waals surface area contributed by atoms with Gasteiger partial charge in [-0.1, -0.05) is 30.4 Å². The quantitative estimate of drug-likeness (QED) is 0.632. The third kappa shape index (κ3) is 1.13. The first-order chi connectivity index (χ1) is 8.84. The number of nitrogen functional groups attached to an aromatic ring is 1. The van der Waals surface area contributed by atoms with Crippen molar-refractivity contribution in [2.24, 2.45) is 4.99 Å². The first kappa shape index (κ1) is 9.59. The Labute approximate surface area is 103 Å². The number of benzene rings is 1. The normalized spacial score (nSPS) is 14.2. The molecule has 0 radical (unpaired) electrons. The highest BCUT2D eigenvalue weighted by molar-refractivity contribution is 5.59. The van der Waals surface area contributed by atoms with Crippen LogP contribution < -0.4 is 16.3 Å². The van der Waals surface area contributed by atoms with Gasteiger partial charge in [0.15, 0.2) is 0 Å². The van der Waals surface area contributed by atoms with E-state index >= 15 is 0 Å². The second kappa shape index (κ2) is 3.29. The van der Waals surface area contributed by atoms with Crippen LogP contribution in [0.2, 0.25) is 0 Å². The zero-order valence-corrected chi connectivity index (χ0v) is 9.72. The number of hydrogen-bond donors (Lipinski definition) is 1. The van der Waals surface area contributed by atoms with Gasteiger partial charge >= 0.3 is 0 Å². The summed E-state index contributed by atoms with van der Waals surface area (Å²) >= 11 is 0. The Morgan fingerprint density at radius 3 is 3.06 bits per heavy atom. The lowest BCUT2D eigenvalue weighted by atomic mass is 10.0. The molecule has 0 fully saturated rings. The van der Waals surface area contributed by atoms with E-state index in [0.29, 0.717) is 5.82 Å². The molecule has 0 atom stereocenters. The maximum Gasteiger partial charge on any atom is 0.133 e. The SMILES string of the molecule is Nc1nccc2c1=c1ccc3c(c1N=2)CC=CC=3. The average Bonchev–Trinajstić information content (AvgIpc) is 2.79. The van der Waals surface area contributed by atoms with Crippen molar-refractivity contribution in [2.45, 2.75) is 6.42 Å². The molecule has 2 heterocycles. The summed E-state index contributed by atoms with van der Waals surface area (Å²) in [6.45, 7) is 0. The molecule has 4 rings (SSSR count). The zero-order chi connectivity index (χ0) is 12.1. The van der Waals surface area contributed by atoms with Gasteiger partial charge in [-0.2, -0.15) is 0 Å². The summed E-state index contributed by atoms with van der Waals surface area (Å²) in [7, 11) is 0. The number of hydrogen-bond acceptors (Lipinski definition) is 3. The van der Waals surface area contributed by atoms with Crippen molar-refractivity contribution in [3.05, 3.63) is 63.1 Å². The Balaban J connectivity index is 2.29. The van der Waals surface area contributed by atoms with Gasteiger partial charge in [-0.3, -0.25) is 0 Å². The molecule has 1 aromatic heterocycles. The molecular formula is C15H11N3.